The number of imidazole rings is 1. The number of aryl methyl sites for hydroxylation is 2. The molecule has 0 bridgehead atoms. The van der Waals surface area contributed by atoms with Gasteiger partial charge in [0.2, 0.25) is 5.95 Å². The van der Waals surface area contributed by atoms with Crippen LogP contribution in [0.2, 0.25) is 0 Å². The predicted molar refractivity (Wildman–Crippen MR) is 110 cm³/mol. The van der Waals surface area contributed by atoms with Crippen molar-refractivity contribution >= 4 is 28.4 Å². The van der Waals surface area contributed by atoms with Gasteiger partial charge in [-0.15, -0.1) is 0 Å². The van der Waals surface area contributed by atoms with Crippen LogP contribution >= 0.6 is 0 Å². The Bertz CT molecular complexity index is 1350. The van der Waals surface area contributed by atoms with Gasteiger partial charge in [0.1, 0.15) is 11.8 Å². The summed E-state index contributed by atoms with van der Waals surface area (Å²) in [6, 6.07) is 4.32. The molecular formula is C20H21N9O. The lowest BCUT2D eigenvalue weighted by molar-refractivity contribution is 0.311. The number of anilines is 2. The van der Waals surface area contributed by atoms with Gasteiger partial charge in [0.05, 0.1) is 24.2 Å². The number of fused-ring (bicyclic) bond motifs is 2. The number of nitrogens with one attached hydrogen (secondary N) is 1. The summed E-state index contributed by atoms with van der Waals surface area (Å²) in [7, 11) is 1.74. The molecule has 10 nitrogen and oxygen atoms in total. The summed E-state index contributed by atoms with van der Waals surface area (Å²) < 4.78 is 5.03. The molecule has 152 valence electrons. The molecule has 1 fully saturated rings. The normalized spacial score (nSPS) is 19.2. The molecule has 0 aromatic carbocycles. The summed E-state index contributed by atoms with van der Waals surface area (Å²) in [4.78, 5) is 26.2. The Morgan fingerprint density at radius 1 is 1.23 bits per heavy atom. The lowest BCUT2D eigenvalue weighted by atomic mass is 9.87. The van der Waals surface area contributed by atoms with E-state index in [2.05, 4.69) is 31.4 Å². The highest BCUT2D eigenvalue weighted by molar-refractivity contribution is 5.73. The Morgan fingerprint density at radius 2 is 2.03 bits per heavy atom. The molecule has 1 aliphatic rings. The number of aromatic nitrogens is 7. The highest BCUT2D eigenvalue weighted by atomic mass is 16.1. The molecule has 1 aliphatic carbocycles. The maximum Gasteiger partial charge on any atom is 0.330 e. The molecule has 4 aromatic rings. The highest BCUT2D eigenvalue weighted by Gasteiger charge is 2.26. The molecule has 10 heteroatoms. The van der Waals surface area contributed by atoms with Gasteiger partial charge in [-0.05, 0) is 44.2 Å². The Kier molecular flexibility index (Phi) is 4.24. The zero-order chi connectivity index (χ0) is 20.8. The Balaban J connectivity index is 1.54. The summed E-state index contributed by atoms with van der Waals surface area (Å²) in [6.45, 7) is 1.97. The molecule has 0 saturated heterocycles. The van der Waals surface area contributed by atoms with Crippen LogP contribution in [0.1, 0.15) is 37.3 Å². The van der Waals surface area contributed by atoms with Crippen LogP contribution in [-0.4, -0.2) is 33.7 Å². The van der Waals surface area contributed by atoms with Gasteiger partial charge in [-0.1, -0.05) is 0 Å². The molecule has 30 heavy (non-hydrogen) atoms. The summed E-state index contributed by atoms with van der Waals surface area (Å²) in [5.41, 5.74) is 3.76. The third kappa shape index (κ3) is 2.90. The van der Waals surface area contributed by atoms with E-state index < -0.39 is 0 Å². The molecule has 1 saturated carbocycles. The van der Waals surface area contributed by atoms with Crippen LogP contribution in [0.25, 0.3) is 16.8 Å². The first-order chi connectivity index (χ1) is 14.5. The molecule has 5 rings (SSSR count). The minimum atomic E-state index is -0.0999. The molecule has 0 aliphatic heterocycles. The first-order valence-electron chi connectivity index (χ1n) is 9.95. The van der Waals surface area contributed by atoms with Crippen molar-refractivity contribution in [3.05, 3.63) is 40.8 Å². The number of hydrogen-bond acceptors (Lipinski definition) is 7. The monoisotopic (exact) mass is 403 g/mol. The van der Waals surface area contributed by atoms with E-state index in [1.807, 2.05) is 19.2 Å². The SMILES string of the molecule is Cc1cc2ncnn2cc1Nc1ncc2c(n1)n([C@H]1CC[C@@H](C#N)CC1)c(=O)n2C. The van der Waals surface area contributed by atoms with E-state index in [0.29, 0.717) is 17.1 Å². The summed E-state index contributed by atoms with van der Waals surface area (Å²) in [6.07, 6.45) is 8.22. The highest BCUT2D eigenvalue weighted by Crippen LogP contribution is 2.32. The fourth-order valence-corrected chi connectivity index (χ4v) is 4.20. The van der Waals surface area contributed by atoms with Crippen LogP contribution in [0.15, 0.2) is 29.6 Å². The predicted octanol–water partition coefficient (Wildman–Crippen LogP) is 2.48. The quantitative estimate of drug-likeness (QED) is 0.558. The maximum atomic E-state index is 12.9. The zero-order valence-corrected chi connectivity index (χ0v) is 16.8. The van der Waals surface area contributed by atoms with Crippen molar-refractivity contribution in [2.24, 2.45) is 13.0 Å². The largest absolute Gasteiger partial charge is 0.330 e. The fraction of sp³-hybridized carbons (Fsp3) is 0.400. The molecule has 0 atom stereocenters. The van der Waals surface area contributed by atoms with Crippen LogP contribution in [0.5, 0.6) is 0 Å². The number of nitrogens with zero attached hydrogens (tertiary/aromatic N) is 8. The van der Waals surface area contributed by atoms with Gasteiger partial charge < -0.3 is 5.32 Å². The first kappa shape index (κ1) is 18.3. The second kappa shape index (κ2) is 6.95. The van der Waals surface area contributed by atoms with Crippen molar-refractivity contribution in [3.8, 4) is 6.07 Å². The maximum absolute atomic E-state index is 12.9. The minimum Gasteiger partial charge on any atom is -0.323 e. The van der Waals surface area contributed by atoms with Crippen LogP contribution in [0.3, 0.4) is 0 Å². The Morgan fingerprint density at radius 3 is 2.80 bits per heavy atom. The molecule has 4 aromatic heterocycles. The number of nitriles is 1. The lowest BCUT2D eigenvalue weighted by Gasteiger charge is -2.25. The lowest BCUT2D eigenvalue weighted by Crippen LogP contribution is -2.28. The van der Waals surface area contributed by atoms with Crippen LogP contribution in [0.4, 0.5) is 11.6 Å². The first-order valence-corrected chi connectivity index (χ1v) is 9.95. The van der Waals surface area contributed by atoms with Gasteiger partial charge in [-0.25, -0.2) is 19.3 Å². The topological polar surface area (TPSA) is 119 Å². The molecule has 1 N–H and O–H groups in total. The molecule has 4 heterocycles. The smallest absolute Gasteiger partial charge is 0.323 e. The Hall–Kier alpha value is -3.74. The molecule has 0 unspecified atom stereocenters. The summed E-state index contributed by atoms with van der Waals surface area (Å²) in [5.74, 6) is 0.489. The van der Waals surface area contributed by atoms with Crippen molar-refractivity contribution in [2.75, 3.05) is 5.32 Å². The molecular weight excluding hydrogens is 382 g/mol. The van der Waals surface area contributed by atoms with Crippen molar-refractivity contribution in [1.82, 2.24) is 33.7 Å². The van der Waals surface area contributed by atoms with Crippen LogP contribution in [0, 0.1) is 24.2 Å². The third-order valence-corrected chi connectivity index (χ3v) is 5.95. The van der Waals surface area contributed by atoms with Gasteiger partial charge >= 0.3 is 5.69 Å². The van der Waals surface area contributed by atoms with Gasteiger partial charge in [0.15, 0.2) is 11.3 Å². The zero-order valence-electron chi connectivity index (χ0n) is 16.8. The molecule has 0 radical (unpaired) electrons. The van der Waals surface area contributed by atoms with Crippen molar-refractivity contribution < 1.29 is 0 Å². The average molecular weight is 403 g/mol. The van der Waals surface area contributed by atoms with Gasteiger partial charge in [0, 0.05) is 19.0 Å². The molecule has 0 spiro atoms. The number of rotatable bonds is 3. The van der Waals surface area contributed by atoms with Gasteiger partial charge in [-0.2, -0.15) is 15.3 Å². The van der Waals surface area contributed by atoms with Gasteiger partial charge in [-0.3, -0.25) is 9.13 Å². The number of hydrogen-bond donors (Lipinski definition) is 1. The van der Waals surface area contributed by atoms with E-state index in [1.54, 1.807) is 26.9 Å². The Labute approximate surface area is 171 Å². The van der Waals surface area contributed by atoms with E-state index >= 15 is 0 Å². The fourth-order valence-electron chi connectivity index (χ4n) is 4.20. The van der Waals surface area contributed by atoms with Gasteiger partial charge in [0.25, 0.3) is 0 Å². The summed E-state index contributed by atoms with van der Waals surface area (Å²) in [5, 5.41) is 16.6. The second-order valence-corrected chi connectivity index (χ2v) is 7.81. The standard InChI is InChI=1S/C20H21N9O/c1-12-7-17-23-11-24-28(17)10-15(12)25-19-22-9-16-18(26-19)29(20(30)27(16)2)14-5-3-13(8-21)4-6-14/h7,9-11,13-14H,3-6H2,1-2H3,(H,22,25,26)/t13-,14+. The van der Waals surface area contributed by atoms with E-state index in [4.69, 9.17) is 5.26 Å². The number of pyridine rings is 1. The average Bonchev–Trinajstić information content (AvgIpc) is 3.30. The summed E-state index contributed by atoms with van der Waals surface area (Å²) >= 11 is 0. The molecule has 0 amide bonds. The van der Waals surface area contributed by atoms with Crippen molar-refractivity contribution in [1.29, 1.82) is 5.26 Å². The minimum absolute atomic E-state index is 0.0433. The van der Waals surface area contributed by atoms with Crippen molar-refractivity contribution in [3.63, 3.8) is 0 Å². The second-order valence-electron chi connectivity index (χ2n) is 7.81. The van der Waals surface area contributed by atoms with Crippen molar-refractivity contribution in [2.45, 2.75) is 38.6 Å². The van der Waals surface area contributed by atoms with E-state index in [1.165, 1.54) is 6.33 Å². The van der Waals surface area contributed by atoms with E-state index in [0.717, 1.165) is 42.6 Å². The van der Waals surface area contributed by atoms with E-state index in [9.17, 15) is 4.79 Å². The van der Waals surface area contributed by atoms with E-state index in [-0.39, 0.29) is 17.6 Å². The van der Waals surface area contributed by atoms with Crippen LogP contribution in [-0.2, 0) is 7.05 Å². The van der Waals surface area contributed by atoms with Crippen LogP contribution < -0.4 is 11.0 Å². The third-order valence-electron chi connectivity index (χ3n) is 5.95.